The fourth-order valence-corrected chi connectivity index (χ4v) is 8.71. The summed E-state index contributed by atoms with van der Waals surface area (Å²) in [6, 6.07) is 11.7. The van der Waals surface area contributed by atoms with Crippen LogP contribution in [0.1, 0.15) is 80.8 Å². The number of aliphatic hydroxyl groups excluding tert-OH is 1. The van der Waals surface area contributed by atoms with E-state index < -0.39 is 17.5 Å². The Morgan fingerprint density at radius 3 is 2.71 bits per heavy atom. The lowest BCUT2D eigenvalue weighted by atomic mass is 9.70. The Kier molecular flexibility index (Phi) is 10.1. The van der Waals surface area contributed by atoms with Crippen LogP contribution in [-0.2, 0) is 17.8 Å². The average molecular weight is 613 g/mol. The predicted molar refractivity (Wildman–Crippen MR) is 172 cm³/mol. The predicted octanol–water partition coefficient (Wildman–Crippen LogP) is 6.68. The summed E-state index contributed by atoms with van der Waals surface area (Å²) >= 11 is 4.84. The second-order valence-electron chi connectivity index (χ2n) is 12.8. The third kappa shape index (κ3) is 6.80. The summed E-state index contributed by atoms with van der Waals surface area (Å²) in [6.45, 7) is 10.3. The van der Waals surface area contributed by atoms with Gasteiger partial charge in [0, 0.05) is 41.4 Å². The molecule has 0 saturated heterocycles. The number of ether oxygens (including phenoxy) is 1. The number of rotatable bonds is 4. The summed E-state index contributed by atoms with van der Waals surface area (Å²) in [6.07, 6.45) is 8.18. The molecule has 1 fully saturated rings. The topological polar surface area (TPSA) is 84.9 Å². The van der Waals surface area contributed by atoms with E-state index in [4.69, 9.17) is 16.3 Å². The van der Waals surface area contributed by atoms with Crippen LogP contribution in [0.3, 0.4) is 0 Å². The van der Waals surface area contributed by atoms with E-state index in [1.54, 1.807) is 6.07 Å². The maximum atomic E-state index is 13.5. The van der Waals surface area contributed by atoms with Gasteiger partial charge in [0.05, 0.1) is 29.8 Å². The van der Waals surface area contributed by atoms with Gasteiger partial charge in [0.25, 0.3) is 5.91 Å². The van der Waals surface area contributed by atoms with Gasteiger partial charge in [-0.25, -0.2) is 0 Å². The molecule has 7 atom stereocenters. The number of hydrogen-bond donors (Lipinski definition) is 2. The molecule has 2 N–H and O–H groups in total. The van der Waals surface area contributed by atoms with Crippen molar-refractivity contribution in [2.75, 3.05) is 24.6 Å². The van der Waals surface area contributed by atoms with Crippen molar-refractivity contribution in [1.29, 1.82) is 0 Å². The Morgan fingerprint density at radius 2 is 2.00 bits per heavy atom. The highest BCUT2D eigenvalue weighted by molar-refractivity contribution is 7.90. The molecular weight excluding hydrogens is 568 g/mol. The molecule has 5 rings (SSSR count). The third-order valence-corrected chi connectivity index (χ3v) is 11.5. The van der Waals surface area contributed by atoms with E-state index in [9.17, 15) is 14.5 Å². The van der Waals surface area contributed by atoms with Gasteiger partial charge in [-0.3, -0.25) is 4.79 Å². The molecule has 0 aromatic heterocycles. The Labute approximate surface area is 259 Å². The lowest BCUT2D eigenvalue weighted by molar-refractivity contribution is 0.0461. The van der Waals surface area contributed by atoms with E-state index in [0.29, 0.717) is 24.5 Å². The molecule has 2 aromatic carbocycles. The molecule has 8 heteroatoms. The highest BCUT2D eigenvalue weighted by atomic mass is 35.5. The van der Waals surface area contributed by atoms with E-state index >= 15 is 0 Å². The number of benzene rings is 2. The van der Waals surface area contributed by atoms with Gasteiger partial charge in [-0.05, 0) is 79.0 Å². The zero-order valence-corrected chi connectivity index (χ0v) is 26.8. The largest absolute Gasteiger partial charge is 0.593 e. The number of fused-ring (bicyclic) bond motifs is 2. The van der Waals surface area contributed by atoms with Gasteiger partial charge in [0.2, 0.25) is 0 Å². The number of carbonyl (C=O) groups is 1. The average Bonchev–Trinajstić information content (AvgIpc) is 3.09. The van der Waals surface area contributed by atoms with Gasteiger partial charge in [-0.2, -0.15) is 4.72 Å². The molecule has 3 aliphatic rings. The van der Waals surface area contributed by atoms with Crippen molar-refractivity contribution in [2.24, 2.45) is 23.7 Å². The molecule has 1 aliphatic carbocycles. The second kappa shape index (κ2) is 13.6. The van der Waals surface area contributed by atoms with Gasteiger partial charge in [0.15, 0.2) is 0 Å². The fraction of sp³-hybridized carbons (Fsp3) is 0.559. The highest BCUT2D eigenvalue weighted by Crippen LogP contribution is 2.42. The van der Waals surface area contributed by atoms with Gasteiger partial charge in [0.1, 0.15) is 11.0 Å². The number of aryl methyl sites for hydroxylation is 1. The number of nitrogens with zero attached hydrogens (tertiary/aromatic N) is 1. The monoisotopic (exact) mass is 612 g/mol. The SMILES string of the molecule is CCCc1cc(Cl)ccc1C1COc2ccc3cc2N(C1)CC1CCC1C(O)/C=C/C[C@@H](C)C(C(C)C)[S+]([O-])NC3=O. The standard InChI is InChI=1S/C34H45ClN2O4S/c1-5-7-23-16-27(35)12-14-28(23)26-19-37-18-25-10-13-29(25)31(38)9-6-8-22(4)33(21(2)3)42(40)36-34(39)24-11-15-32(41-20-26)30(37)17-24/h6,9,11-12,14-17,21-22,25-26,29,31,33,38H,5,7-8,10,13,18-20H2,1-4H3,(H,36,39)/b9-6+/t22-,25?,26?,29?,31?,33?,42?/m1/s1. The van der Waals surface area contributed by atoms with Gasteiger partial charge in [-0.15, -0.1) is 0 Å². The quantitative estimate of drug-likeness (QED) is 0.297. The fourth-order valence-electron chi connectivity index (χ4n) is 7.05. The molecule has 2 heterocycles. The van der Waals surface area contributed by atoms with Gasteiger partial charge in [-0.1, -0.05) is 63.9 Å². The van der Waals surface area contributed by atoms with Crippen molar-refractivity contribution in [3.05, 3.63) is 70.3 Å². The first-order valence-electron chi connectivity index (χ1n) is 15.5. The summed E-state index contributed by atoms with van der Waals surface area (Å²) in [5, 5.41) is 11.7. The van der Waals surface area contributed by atoms with E-state index in [0.717, 1.165) is 55.2 Å². The minimum absolute atomic E-state index is 0.0815. The van der Waals surface area contributed by atoms with Gasteiger partial charge < -0.3 is 19.3 Å². The second-order valence-corrected chi connectivity index (χ2v) is 14.5. The zero-order chi connectivity index (χ0) is 30.0. The van der Waals surface area contributed by atoms with Crippen molar-refractivity contribution < 1.29 is 19.2 Å². The van der Waals surface area contributed by atoms with E-state index in [-0.39, 0.29) is 34.8 Å². The lowest BCUT2D eigenvalue weighted by Crippen LogP contribution is -2.45. The van der Waals surface area contributed by atoms with E-state index in [2.05, 4.69) is 35.6 Å². The third-order valence-electron chi connectivity index (χ3n) is 9.38. The van der Waals surface area contributed by atoms with Crippen molar-refractivity contribution in [2.45, 2.75) is 77.1 Å². The minimum atomic E-state index is -1.55. The molecule has 2 aromatic rings. The number of anilines is 1. The van der Waals surface area contributed by atoms with Crippen LogP contribution in [0.5, 0.6) is 5.75 Å². The molecule has 2 bridgehead atoms. The maximum Gasteiger partial charge on any atom is 0.292 e. The summed E-state index contributed by atoms with van der Waals surface area (Å²) in [5.74, 6) is 1.23. The lowest BCUT2D eigenvalue weighted by Gasteiger charge is -2.42. The van der Waals surface area contributed by atoms with Gasteiger partial charge >= 0.3 is 0 Å². The molecular formula is C34H45ClN2O4S. The zero-order valence-electron chi connectivity index (χ0n) is 25.2. The van der Waals surface area contributed by atoms with Crippen LogP contribution in [0.25, 0.3) is 0 Å². The van der Waals surface area contributed by atoms with Crippen LogP contribution in [0.15, 0.2) is 48.6 Å². The van der Waals surface area contributed by atoms with Crippen molar-refractivity contribution in [1.82, 2.24) is 4.72 Å². The number of nitrogens with one attached hydrogen (secondary N) is 1. The Balaban J connectivity index is 1.52. The van der Waals surface area contributed by atoms with Crippen molar-refractivity contribution >= 4 is 34.6 Å². The number of halogens is 1. The van der Waals surface area contributed by atoms with Crippen LogP contribution in [0.2, 0.25) is 5.02 Å². The Bertz CT molecular complexity index is 1290. The molecule has 1 amide bonds. The Morgan fingerprint density at radius 1 is 1.19 bits per heavy atom. The van der Waals surface area contributed by atoms with Crippen LogP contribution in [0.4, 0.5) is 5.69 Å². The number of carbonyl (C=O) groups excluding carboxylic acids is 1. The first kappa shape index (κ1) is 31.2. The number of amides is 1. The van der Waals surface area contributed by atoms with Crippen LogP contribution >= 0.6 is 11.6 Å². The molecule has 1 saturated carbocycles. The molecule has 42 heavy (non-hydrogen) atoms. The molecule has 0 radical (unpaired) electrons. The summed E-state index contributed by atoms with van der Waals surface area (Å²) in [5.41, 5.74) is 3.84. The van der Waals surface area contributed by atoms with Crippen LogP contribution in [-0.4, -0.2) is 46.6 Å². The summed E-state index contributed by atoms with van der Waals surface area (Å²) < 4.78 is 22.7. The van der Waals surface area contributed by atoms with E-state index in [1.165, 1.54) is 11.1 Å². The number of allylic oxidation sites excluding steroid dienone is 1. The summed E-state index contributed by atoms with van der Waals surface area (Å²) in [7, 11) is 0. The van der Waals surface area contributed by atoms with Crippen LogP contribution in [0, 0.1) is 23.7 Å². The van der Waals surface area contributed by atoms with E-state index in [1.807, 2.05) is 44.2 Å². The molecule has 228 valence electrons. The smallest absolute Gasteiger partial charge is 0.292 e. The first-order valence-corrected chi connectivity index (χ1v) is 17.1. The molecule has 6 unspecified atom stereocenters. The minimum Gasteiger partial charge on any atom is -0.593 e. The highest BCUT2D eigenvalue weighted by Gasteiger charge is 2.39. The molecule has 6 nitrogen and oxygen atoms in total. The van der Waals surface area contributed by atoms with Crippen LogP contribution < -0.4 is 14.4 Å². The number of hydrogen-bond acceptors (Lipinski definition) is 5. The molecule has 2 aliphatic heterocycles. The molecule has 0 spiro atoms. The Hall–Kier alpha value is -2.19. The number of aliphatic hydroxyl groups is 1. The normalized spacial score (nSPS) is 30.9. The maximum absolute atomic E-state index is 13.5. The first-order chi connectivity index (χ1) is 20.2. The van der Waals surface area contributed by atoms with Crippen molar-refractivity contribution in [3.63, 3.8) is 0 Å². The van der Waals surface area contributed by atoms with Crippen molar-refractivity contribution in [3.8, 4) is 5.75 Å². The summed E-state index contributed by atoms with van der Waals surface area (Å²) in [4.78, 5) is 15.8.